The van der Waals surface area contributed by atoms with Crippen molar-refractivity contribution < 1.29 is 17.8 Å². The van der Waals surface area contributed by atoms with Crippen LogP contribution >= 0.6 is 7.60 Å². The summed E-state index contributed by atoms with van der Waals surface area (Å²) in [6.07, 6.45) is 1.60. The van der Waals surface area contributed by atoms with Gasteiger partial charge in [0.05, 0.1) is 10.8 Å². The molecule has 0 heterocycles. The molecule has 0 aromatic heterocycles. The van der Waals surface area contributed by atoms with Gasteiger partial charge in [-0.1, -0.05) is 48.0 Å². The van der Waals surface area contributed by atoms with Crippen LogP contribution in [0.3, 0.4) is 0 Å². The summed E-state index contributed by atoms with van der Waals surface area (Å²) in [5, 5.41) is 0. The van der Waals surface area contributed by atoms with Gasteiger partial charge in [-0.2, -0.15) is 0 Å². The Balaban J connectivity index is 2.54. The highest BCUT2D eigenvalue weighted by atomic mass is 32.2. The summed E-state index contributed by atoms with van der Waals surface area (Å²) < 4.78 is 36.0. The van der Waals surface area contributed by atoms with E-state index in [1.165, 1.54) is 14.2 Å². The van der Waals surface area contributed by atoms with Gasteiger partial charge in [-0.25, -0.2) is 4.21 Å². The minimum atomic E-state index is -3.63. The molecule has 2 rings (SSSR count). The number of benzene rings is 2. The van der Waals surface area contributed by atoms with E-state index in [1.807, 2.05) is 49.4 Å². The maximum atomic E-state index is 12.9. The Morgan fingerprint density at radius 2 is 1.57 bits per heavy atom. The zero-order chi connectivity index (χ0) is 16.9. The van der Waals surface area contributed by atoms with Crippen molar-refractivity contribution in [2.75, 3.05) is 14.2 Å². The minimum absolute atomic E-state index is 0.123. The van der Waals surface area contributed by atoms with Crippen LogP contribution in [0.1, 0.15) is 11.1 Å². The van der Waals surface area contributed by atoms with Crippen molar-refractivity contribution in [3.63, 3.8) is 0 Å². The summed E-state index contributed by atoms with van der Waals surface area (Å²) >= 11 is 0. The molecule has 122 valence electrons. The molecule has 0 aliphatic carbocycles. The molecule has 2 aromatic rings. The fraction of sp³-hybridized carbons (Fsp3) is 0.176. The standard InChI is InChI=1S/C17H19O4PS/c1-14-9-11-16(12-10-14)23(19)17(22(18,20-2)21-3)13-15-7-5-4-6-8-15/h4-13H,1-3H3/b17-13+. The third kappa shape index (κ3) is 4.27. The molecule has 6 heteroatoms. The van der Waals surface area contributed by atoms with E-state index in [9.17, 15) is 8.77 Å². The van der Waals surface area contributed by atoms with Gasteiger partial charge in [0.2, 0.25) is 0 Å². The van der Waals surface area contributed by atoms with Crippen molar-refractivity contribution in [3.05, 3.63) is 70.4 Å². The average Bonchev–Trinajstić information content (AvgIpc) is 2.60. The van der Waals surface area contributed by atoms with Crippen LogP contribution in [0.15, 0.2) is 64.1 Å². The van der Waals surface area contributed by atoms with Crippen LogP contribution in [0.25, 0.3) is 6.08 Å². The van der Waals surface area contributed by atoms with Crippen LogP contribution in [0, 0.1) is 6.92 Å². The van der Waals surface area contributed by atoms with Gasteiger partial charge >= 0.3 is 7.60 Å². The zero-order valence-electron chi connectivity index (χ0n) is 13.3. The smallest absolute Gasteiger partial charge is 0.308 e. The Morgan fingerprint density at radius 3 is 2.09 bits per heavy atom. The Bertz CT molecular complexity index is 746. The summed E-state index contributed by atoms with van der Waals surface area (Å²) in [4.78, 5) is 0.548. The van der Waals surface area contributed by atoms with Crippen LogP contribution in [-0.4, -0.2) is 18.4 Å². The molecule has 0 bridgehead atoms. The lowest BCUT2D eigenvalue weighted by Crippen LogP contribution is -2.01. The first-order valence-electron chi connectivity index (χ1n) is 6.97. The normalized spacial score (nSPS) is 13.8. The van der Waals surface area contributed by atoms with Gasteiger partial charge in [0.15, 0.2) is 0 Å². The molecular formula is C17H19O4PS. The molecule has 0 amide bonds. The third-order valence-corrected chi connectivity index (χ3v) is 7.26. The molecule has 0 saturated heterocycles. The molecule has 4 nitrogen and oxygen atoms in total. The van der Waals surface area contributed by atoms with Crippen molar-refractivity contribution in [2.24, 2.45) is 0 Å². The first-order valence-corrected chi connectivity index (χ1v) is 9.66. The van der Waals surface area contributed by atoms with Crippen LogP contribution < -0.4 is 0 Å². The number of hydrogen-bond donors (Lipinski definition) is 0. The third-order valence-electron chi connectivity index (χ3n) is 3.27. The molecule has 0 saturated carbocycles. The van der Waals surface area contributed by atoms with Crippen LogP contribution in [0.5, 0.6) is 0 Å². The molecule has 2 aromatic carbocycles. The van der Waals surface area contributed by atoms with Crippen LogP contribution in [-0.2, 0) is 24.4 Å². The van der Waals surface area contributed by atoms with Gasteiger partial charge in [0.1, 0.15) is 4.65 Å². The van der Waals surface area contributed by atoms with Gasteiger partial charge in [0, 0.05) is 19.1 Å². The van der Waals surface area contributed by atoms with Crippen molar-refractivity contribution in [3.8, 4) is 0 Å². The first-order chi connectivity index (χ1) is 11.0. The van der Waals surface area contributed by atoms with Gasteiger partial charge in [0.25, 0.3) is 0 Å². The van der Waals surface area contributed by atoms with E-state index in [2.05, 4.69) is 0 Å². The minimum Gasteiger partial charge on any atom is -0.308 e. The predicted octanol–water partition coefficient (Wildman–Crippen LogP) is 4.59. The fourth-order valence-electron chi connectivity index (χ4n) is 1.96. The molecule has 0 radical (unpaired) electrons. The van der Waals surface area contributed by atoms with E-state index in [1.54, 1.807) is 18.2 Å². The zero-order valence-corrected chi connectivity index (χ0v) is 15.0. The Kier molecular flexibility index (Phi) is 6.08. The number of hydrogen-bond acceptors (Lipinski definition) is 4. The molecular weight excluding hydrogens is 331 g/mol. The van der Waals surface area contributed by atoms with E-state index in [-0.39, 0.29) is 4.65 Å². The lowest BCUT2D eigenvalue weighted by Gasteiger charge is -2.17. The van der Waals surface area contributed by atoms with E-state index in [0.717, 1.165) is 11.1 Å². The lowest BCUT2D eigenvalue weighted by molar-refractivity contribution is 0.285. The average molecular weight is 350 g/mol. The highest BCUT2D eigenvalue weighted by Gasteiger charge is 2.33. The monoisotopic (exact) mass is 350 g/mol. The van der Waals surface area contributed by atoms with Gasteiger partial charge in [-0.3, -0.25) is 4.57 Å². The molecule has 0 N–H and O–H groups in total. The maximum Gasteiger partial charge on any atom is 0.370 e. The first kappa shape index (κ1) is 17.8. The van der Waals surface area contributed by atoms with Crippen LogP contribution in [0.2, 0.25) is 0 Å². The van der Waals surface area contributed by atoms with E-state index >= 15 is 0 Å². The van der Waals surface area contributed by atoms with Crippen LogP contribution in [0.4, 0.5) is 0 Å². The second kappa shape index (κ2) is 7.84. The van der Waals surface area contributed by atoms with Crippen molar-refractivity contribution >= 4 is 24.5 Å². The van der Waals surface area contributed by atoms with Crippen molar-refractivity contribution in [1.82, 2.24) is 0 Å². The van der Waals surface area contributed by atoms with Crippen molar-refractivity contribution in [2.45, 2.75) is 11.8 Å². The molecule has 0 fully saturated rings. The van der Waals surface area contributed by atoms with Gasteiger partial charge < -0.3 is 9.05 Å². The number of rotatable bonds is 6. The molecule has 0 aliphatic heterocycles. The Morgan fingerprint density at radius 1 is 1.00 bits per heavy atom. The number of aryl methyl sites for hydroxylation is 1. The quantitative estimate of drug-likeness (QED) is 0.715. The lowest BCUT2D eigenvalue weighted by atomic mass is 10.2. The SMILES string of the molecule is COP(=O)(OC)/C(=C\c1ccccc1)S(=O)c1ccc(C)cc1. The van der Waals surface area contributed by atoms with E-state index < -0.39 is 18.4 Å². The van der Waals surface area contributed by atoms with E-state index in [0.29, 0.717) is 4.90 Å². The summed E-state index contributed by atoms with van der Waals surface area (Å²) in [5.74, 6) is 0. The molecule has 23 heavy (non-hydrogen) atoms. The predicted molar refractivity (Wildman–Crippen MR) is 93.6 cm³/mol. The second-order valence-corrected chi connectivity index (χ2v) is 8.80. The highest BCUT2D eigenvalue weighted by molar-refractivity contribution is 7.98. The Labute approximate surface area is 139 Å². The maximum absolute atomic E-state index is 12.9. The highest BCUT2D eigenvalue weighted by Crippen LogP contribution is 2.57. The molecule has 0 aliphatic rings. The summed E-state index contributed by atoms with van der Waals surface area (Å²) in [5.41, 5.74) is 1.83. The summed E-state index contributed by atoms with van der Waals surface area (Å²) in [7, 11) is -2.71. The summed E-state index contributed by atoms with van der Waals surface area (Å²) in [6.45, 7) is 1.95. The van der Waals surface area contributed by atoms with Gasteiger partial charge in [-0.15, -0.1) is 0 Å². The molecule has 1 atom stereocenters. The van der Waals surface area contributed by atoms with Gasteiger partial charge in [-0.05, 0) is 30.7 Å². The van der Waals surface area contributed by atoms with E-state index in [4.69, 9.17) is 9.05 Å². The largest absolute Gasteiger partial charge is 0.370 e. The topological polar surface area (TPSA) is 52.6 Å². The summed E-state index contributed by atoms with van der Waals surface area (Å²) in [6, 6.07) is 16.5. The molecule has 1 unspecified atom stereocenters. The Hall–Kier alpha value is -1.52. The fourth-order valence-corrected chi connectivity index (χ4v) is 5.22. The second-order valence-electron chi connectivity index (χ2n) is 4.84. The molecule has 0 spiro atoms. The van der Waals surface area contributed by atoms with Crippen molar-refractivity contribution in [1.29, 1.82) is 0 Å².